The molecular weight excluding hydrogens is 462 g/mol. The van der Waals surface area contributed by atoms with E-state index in [-0.39, 0.29) is 11.6 Å². The van der Waals surface area contributed by atoms with Crippen LogP contribution in [0, 0.1) is 6.92 Å². The number of hydrogen-bond donors (Lipinski definition) is 1. The molecule has 0 unspecified atom stereocenters. The van der Waals surface area contributed by atoms with E-state index in [0.29, 0.717) is 49.3 Å². The molecule has 0 spiro atoms. The van der Waals surface area contributed by atoms with Crippen molar-refractivity contribution in [1.82, 2.24) is 14.5 Å². The molecule has 0 bridgehead atoms. The lowest BCUT2D eigenvalue weighted by molar-refractivity contribution is 0.208. The molecule has 3 aromatic carbocycles. The number of amides is 2. The highest BCUT2D eigenvalue weighted by Crippen LogP contribution is 2.23. The first-order chi connectivity index (χ1) is 17.0. The lowest BCUT2D eigenvalue weighted by atomic mass is 10.2. The lowest BCUT2D eigenvalue weighted by Gasteiger charge is -2.35. The number of halogens is 1. The molecule has 7 nitrogen and oxygen atoms in total. The summed E-state index contributed by atoms with van der Waals surface area (Å²) in [4.78, 5) is 34.9. The van der Waals surface area contributed by atoms with Gasteiger partial charge < -0.3 is 15.1 Å². The van der Waals surface area contributed by atoms with Gasteiger partial charge in [0.05, 0.1) is 17.6 Å². The summed E-state index contributed by atoms with van der Waals surface area (Å²) in [5.74, 6) is 0.422. The number of hydrogen-bond acceptors (Lipinski definition) is 4. The number of carbonyl (C=O) groups excluding carboxylic acids is 1. The fourth-order valence-corrected chi connectivity index (χ4v) is 4.54. The molecule has 178 valence electrons. The van der Waals surface area contributed by atoms with Gasteiger partial charge in [-0.3, -0.25) is 9.36 Å². The van der Waals surface area contributed by atoms with E-state index in [2.05, 4.69) is 5.32 Å². The molecule has 1 fully saturated rings. The third-order valence-corrected chi connectivity index (χ3v) is 6.80. The van der Waals surface area contributed by atoms with Crippen LogP contribution in [0.4, 0.5) is 16.3 Å². The number of nitrogens with zero attached hydrogens (tertiary/aromatic N) is 4. The van der Waals surface area contributed by atoms with E-state index in [1.807, 2.05) is 78.6 Å². The van der Waals surface area contributed by atoms with Crippen molar-refractivity contribution in [3.8, 4) is 0 Å². The van der Waals surface area contributed by atoms with Crippen LogP contribution >= 0.6 is 11.6 Å². The zero-order valence-corrected chi connectivity index (χ0v) is 20.2. The van der Waals surface area contributed by atoms with Crippen molar-refractivity contribution in [3.05, 3.63) is 99.3 Å². The van der Waals surface area contributed by atoms with Gasteiger partial charge in [0, 0.05) is 36.9 Å². The molecule has 0 atom stereocenters. The largest absolute Gasteiger partial charge is 0.348 e. The van der Waals surface area contributed by atoms with Crippen LogP contribution in [0.5, 0.6) is 0 Å². The minimum atomic E-state index is -0.178. The van der Waals surface area contributed by atoms with Crippen LogP contribution in [0.2, 0.25) is 5.02 Å². The van der Waals surface area contributed by atoms with Crippen molar-refractivity contribution in [2.24, 2.45) is 0 Å². The molecule has 4 aromatic rings. The Morgan fingerprint density at radius 3 is 2.43 bits per heavy atom. The summed E-state index contributed by atoms with van der Waals surface area (Å²) >= 11 is 6.18. The van der Waals surface area contributed by atoms with E-state index in [1.165, 1.54) is 0 Å². The Bertz CT molecular complexity index is 1430. The zero-order chi connectivity index (χ0) is 24.4. The minimum Gasteiger partial charge on any atom is -0.348 e. The molecular formula is C27H26ClN5O2. The molecule has 35 heavy (non-hydrogen) atoms. The smallest absolute Gasteiger partial charge is 0.321 e. The molecule has 8 heteroatoms. The number of piperazine rings is 1. The topological polar surface area (TPSA) is 70.5 Å². The van der Waals surface area contributed by atoms with Gasteiger partial charge in [-0.1, -0.05) is 60.1 Å². The number of nitrogens with one attached hydrogen (secondary N) is 1. The number of benzene rings is 3. The summed E-state index contributed by atoms with van der Waals surface area (Å²) in [7, 11) is 0. The first kappa shape index (κ1) is 22.9. The van der Waals surface area contributed by atoms with Crippen LogP contribution in [-0.2, 0) is 6.54 Å². The van der Waals surface area contributed by atoms with Crippen LogP contribution in [0.3, 0.4) is 0 Å². The van der Waals surface area contributed by atoms with E-state index in [1.54, 1.807) is 15.5 Å². The van der Waals surface area contributed by atoms with Crippen LogP contribution in [0.1, 0.15) is 11.1 Å². The van der Waals surface area contributed by atoms with E-state index < -0.39 is 0 Å². The second kappa shape index (κ2) is 9.80. The summed E-state index contributed by atoms with van der Waals surface area (Å²) in [6.07, 6.45) is 0. The lowest BCUT2D eigenvalue weighted by Crippen LogP contribution is -2.51. The molecule has 0 saturated carbocycles. The third-order valence-electron chi connectivity index (χ3n) is 6.39. The zero-order valence-electron chi connectivity index (χ0n) is 19.4. The van der Waals surface area contributed by atoms with Crippen molar-refractivity contribution in [2.45, 2.75) is 13.5 Å². The van der Waals surface area contributed by atoms with Crippen LogP contribution in [0.15, 0.2) is 77.6 Å². The molecule has 0 aliphatic carbocycles. The van der Waals surface area contributed by atoms with Gasteiger partial charge in [-0.2, -0.15) is 0 Å². The summed E-state index contributed by atoms with van der Waals surface area (Å²) in [5, 5.41) is 3.56. The van der Waals surface area contributed by atoms with Gasteiger partial charge >= 0.3 is 6.03 Å². The third kappa shape index (κ3) is 4.72. The number of para-hydroxylation sites is 2. The Labute approximate surface area is 208 Å². The molecule has 2 amide bonds. The Kier molecular flexibility index (Phi) is 6.42. The van der Waals surface area contributed by atoms with Gasteiger partial charge in [0.2, 0.25) is 0 Å². The number of carbonyl (C=O) groups is 1. The van der Waals surface area contributed by atoms with E-state index in [9.17, 15) is 9.59 Å². The molecule has 1 aliphatic rings. The Balaban J connectivity index is 1.36. The highest BCUT2D eigenvalue weighted by molar-refractivity contribution is 6.31. The van der Waals surface area contributed by atoms with E-state index in [0.717, 1.165) is 22.2 Å². The summed E-state index contributed by atoms with van der Waals surface area (Å²) < 4.78 is 1.79. The summed E-state index contributed by atoms with van der Waals surface area (Å²) in [6.45, 7) is 4.36. The first-order valence-corrected chi connectivity index (χ1v) is 12.0. The Hall–Kier alpha value is -3.84. The number of urea groups is 1. The van der Waals surface area contributed by atoms with Crippen molar-refractivity contribution < 1.29 is 4.79 Å². The molecule has 0 radical (unpaired) electrons. The van der Waals surface area contributed by atoms with Gasteiger partial charge in [-0.15, -0.1) is 0 Å². The highest BCUT2D eigenvalue weighted by Gasteiger charge is 2.25. The first-order valence-electron chi connectivity index (χ1n) is 11.6. The Morgan fingerprint density at radius 1 is 0.943 bits per heavy atom. The molecule has 1 aromatic heterocycles. The number of anilines is 2. The number of aromatic nitrogens is 2. The highest BCUT2D eigenvalue weighted by atomic mass is 35.5. The standard InChI is InChI=1S/C27H26ClN5O2/c1-19-21(28)10-7-12-22(19)30-27(35)32-16-14-31(15-17-32)25-26(34)33(18-20-8-3-2-4-9-20)24-13-6-5-11-23(24)29-25/h2-13H,14-18H2,1H3,(H,30,35). The second-order valence-electron chi connectivity index (χ2n) is 8.62. The van der Waals surface area contributed by atoms with Crippen LogP contribution in [0.25, 0.3) is 11.0 Å². The van der Waals surface area contributed by atoms with Crippen molar-refractivity contribution >= 4 is 40.2 Å². The summed E-state index contributed by atoms with van der Waals surface area (Å²) in [6, 6.07) is 22.9. The summed E-state index contributed by atoms with van der Waals surface area (Å²) in [5.41, 5.74) is 4.04. The SMILES string of the molecule is Cc1c(Cl)cccc1NC(=O)N1CCN(c2nc3ccccc3n(Cc3ccccc3)c2=O)CC1. The number of rotatable bonds is 4. The molecule has 1 saturated heterocycles. The van der Waals surface area contributed by atoms with Gasteiger partial charge in [0.25, 0.3) is 5.56 Å². The second-order valence-corrected chi connectivity index (χ2v) is 9.02. The maximum absolute atomic E-state index is 13.6. The maximum atomic E-state index is 13.6. The predicted molar refractivity (Wildman–Crippen MR) is 141 cm³/mol. The maximum Gasteiger partial charge on any atom is 0.321 e. The molecule has 2 heterocycles. The average molecular weight is 488 g/mol. The van der Waals surface area contributed by atoms with E-state index in [4.69, 9.17) is 16.6 Å². The van der Waals surface area contributed by atoms with Crippen LogP contribution in [-0.4, -0.2) is 46.7 Å². The Morgan fingerprint density at radius 2 is 1.66 bits per heavy atom. The quantitative estimate of drug-likeness (QED) is 0.450. The fourth-order valence-electron chi connectivity index (χ4n) is 4.37. The van der Waals surface area contributed by atoms with Gasteiger partial charge in [-0.05, 0) is 42.3 Å². The van der Waals surface area contributed by atoms with Crippen molar-refractivity contribution in [1.29, 1.82) is 0 Å². The predicted octanol–water partition coefficient (Wildman–Crippen LogP) is 4.76. The molecule has 1 N–H and O–H groups in total. The average Bonchev–Trinajstić information content (AvgIpc) is 2.89. The molecule has 5 rings (SSSR count). The van der Waals surface area contributed by atoms with Crippen molar-refractivity contribution in [2.75, 3.05) is 36.4 Å². The van der Waals surface area contributed by atoms with Crippen LogP contribution < -0.4 is 15.8 Å². The van der Waals surface area contributed by atoms with Crippen molar-refractivity contribution in [3.63, 3.8) is 0 Å². The normalized spacial score (nSPS) is 13.8. The monoisotopic (exact) mass is 487 g/mol. The minimum absolute atomic E-state index is 0.125. The fraction of sp³-hybridized carbons (Fsp3) is 0.222. The van der Waals surface area contributed by atoms with E-state index >= 15 is 0 Å². The van der Waals surface area contributed by atoms with Gasteiger partial charge in [0.15, 0.2) is 5.82 Å². The van der Waals surface area contributed by atoms with Gasteiger partial charge in [-0.25, -0.2) is 9.78 Å². The molecule has 1 aliphatic heterocycles. The van der Waals surface area contributed by atoms with Gasteiger partial charge in [0.1, 0.15) is 0 Å². The number of fused-ring (bicyclic) bond motifs is 1.